The Labute approximate surface area is 202 Å². The smallest absolute Gasteiger partial charge is 0.338 e. The molecular formula is C28H33N3O3. The van der Waals surface area contributed by atoms with Gasteiger partial charge in [-0.25, -0.2) is 4.79 Å². The Morgan fingerprint density at radius 2 is 1.59 bits per heavy atom. The molecule has 2 aromatic heterocycles. The minimum absolute atomic E-state index is 0.130. The molecule has 0 saturated carbocycles. The molecule has 6 nitrogen and oxygen atoms in total. The van der Waals surface area contributed by atoms with E-state index in [-0.39, 0.29) is 18.1 Å². The van der Waals surface area contributed by atoms with Crippen LogP contribution in [0.4, 0.5) is 0 Å². The summed E-state index contributed by atoms with van der Waals surface area (Å²) in [6.45, 7) is 5.28. The van der Waals surface area contributed by atoms with Crippen LogP contribution >= 0.6 is 0 Å². The van der Waals surface area contributed by atoms with E-state index in [1.54, 1.807) is 7.11 Å². The third kappa shape index (κ3) is 5.03. The summed E-state index contributed by atoms with van der Waals surface area (Å²) >= 11 is 0. The highest BCUT2D eigenvalue weighted by molar-refractivity contribution is 5.91. The number of rotatable bonds is 7. The van der Waals surface area contributed by atoms with Gasteiger partial charge in [0.15, 0.2) is 0 Å². The predicted octanol–water partition coefficient (Wildman–Crippen LogP) is 5.49. The molecule has 34 heavy (non-hydrogen) atoms. The number of methoxy groups -OCH3 is 2. The van der Waals surface area contributed by atoms with Gasteiger partial charge in [0.1, 0.15) is 0 Å². The summed E-state index contributed by atoms with van der Waals surface area (Å²) in [5, 5.41) is 0. The van der Waals surface area contributed by atoms with Gasteiger partial charge in [0.05, 0.1) is 42.8 Å². The van der Waals surface area contributed by atoms with Crippen molar-refractivity contribution in [3.05, 3.63) is 94.1 Å². The molecule has 3 heterocycles. The van der Waals surface area contributed by atoms with Gasteiger partial charge in [-0.05, 0) is 73.6 Å². The van der Waals surface area contributed by atoms with Crippen molar-refractivity contribution in [2.75, 3.05) is 14.2 Å². The van der Waals surface area contributed by atoms with Crippen molar-refractivity contribution in [1.29, 1.82) is 0 Å². The highest BCUT2D eigenvalue weighted by atomic mass is 16.5. The highest BCUT2D eigenvalue weighted by Gasteiger charge is 2.36. The summed E-state index contributed by atoms with van der Waals surface area (Å²) < 4.78 is 10.4. The van der Waals surface area contributed by atoms with Crippen molar-refractivity contribution in [2.24, 2.45) is 0 Å². The first-order valence-electron chi connectivity index (χ1n) is 11.8. The zero-order valence-corrected chi connectivity index (χ0v) is 20.5. The maximum Gasteiger partial charge on any atom is 0.338 e. The topological polar surface area (TPSA) is 64.5 Å². The van der Waals surface area contributed by atoms with Crippen LogP contribution in [0.25, 0.3) is 0 Å². The second kappa shape index (κ2) is 10.9. The molecule has 1 saturated heterocycles. The van der Waals surface area contributed by atoms with Crippen LogP contribution in [0, 0.1) is 13.8 Å². The van der Waals surface area contributed by atoms with E-state index in [2.05, 4.69) is 30.9 Å². The lowest BCUT2D eigenvalue weighted by atomic mass is 9.88. The largest absolute Gasteiger partial charge is 0.465 e. The van der Waals surface area contributed by atoms with E-state index in [1.165, 1.54) is 18.2 Å². The van der Waals surface area contributed by atoms with Gasteiger partial charge in [0, 0.05) is 26.0 Å². The minimum Gasteiger partial charge on any atom is -0.465 e. The number of carbonyl (C=O) groups is 1. The van der Waals surface area contributed by atoms with E-state index in [1.807, 2.05) is 42.7 Å². The number of hydrogen-bond acceptors (Lipinski definition) is 6. The van der Waals surface area contributed by atoms with E-state index in [0.717, 1.165) is 41.8 Å². The Bertz CT molecular complexity index is 1090. The maximum atomic E-state index is 12.7. The van der Waals surface area contributed by atoms with Crippen LogP contribution in [0.2, 0.25) is 0 Å². The van der Waals surface area contributed by atoms with Gasteiger partial charge in [-0.15, -0.1) is 0 Å². The number of aryl methyl sites for hydroxylation is 2. The molecule has 1 fully saturated rings. The molecule has 1 aliphatic rings. The number of nitrogens with zero attached hydrogens (tertiary/aromatic N) is 3. The lowest BCUT2D eigenvalue weighted by molar-refractivity contribution is 0.0574. The fourth-order valence-electron chi connectivity index (χ4n) is 5.07. The van der Waals surface area contributed by atoms with Gasteiger partial charge in [0.2, 0.25) is 0 Å². The zero-order valence-electron chi connectivity index (χ0n) is 20.5. The molecule has 0 N–H and O–H groups in total. The van der Waals surface area contributed by atoms with Crippen LogP contribution < -0.4 is 0 Å². The summed E-state index contributed by atoms with van der Waals surface area (Å²) in [6, 6.07) is 14.4. The monoisotopic (exact) mass is 459 g/mol. The molecule has 1 aliphatic heterocycles. The summed E-state index contributed by atoms with van der Waals surface area (Å²) in [5.74, 6) is -0.332. The highest BCUT2D eigenvalue weighted by Crippen LogP contribution is 2.43. The first-order valence-corrected chi connectivity index (χ1v) is 11.8. The fraction of sp³-hybridized carbons (Fsp3) is 0.393. The van der Waals surface area contributed by atoms with Crippen LogP contribution in [-0.2, 0) is 22.6 Å². The van der Waals surface area contributed by atoms with Crippen molar-refractivity contribution in [2.45, 2.75) is 58.3 Å². The molecular weight excluding hydrogens is 426 g/mol. The molecule has 0 radical (unpaired) electrons. The number of esters is 1. The van der Waals surface area contributed by atoms with E-state index in [0.29, 0.717) is 18.7 Å². The normalized spacial score (nSPS) is 18.6. The van der Waals surface area contributed by atoms with E-state index >= 15 is 0 Å². The predicted molar refractivity (Wildman–Crippen MR) is 131 cm³/mol. The second-order valence-electron chi connectivity index (χ2n) is 8.96. The van der Waals surface area contributed by atoms with Gasteiger partial charge >= 0.3 is 5.97 Å². The molecule has 0 aliphatic carbocycles. The van der Waals surface area contributed by atoms with Crippen molar-refractivity contribution in [3.63, 3.8) is 0 Å². The minimum atomic E-state index is -0.332. The molecule has 2 atom stereocenters. The summed E-state index contributed by atoms with van der Waals surface area (Å²) in [4.78, 5) is 24.8. The molecule has 0 bridgehead atoms. The van der Waals surface area contributed by atoms with Crippen LogP contribution in [0.3, 0.4) is 0 Å². The molecule has 2 unspecified atom stereocenters. The van der Waals surface area contributed by atoms with E-state index in [4.69, 9.17) is 19.4 Å². The SMILES string of the molecule is COCc1ccc(CN2C(c3ncccc3C)CCCC2c2ncccc2C)c(C(=O)OC)c1. The van der Waals surface area contributed by atoms with Gasteiger partial charge in [-0.3, -0.25) is 14.9 Å². The Hall–Kier alpha value is -3.09. The Kier molecular flexibility index (Phi) is 7.70. The number of likely N-dealkylation sites (tertiary alicyclic amines) is 1. The van der Waals surface area contributed by atoms with Gasteiger partial charge in [-0.2, -0.15) is 0 Å². The van der Waals surface area contributed by atoms with Crippen LogP contribution in [0.5, 0.6) is 0 Å². The van der Waals surface area contributed by atoms with Gasteiger partial charge < -0.3 is 9.47 Å². The molecule has 1 aromatic carbocycles. The zero-order chi connectivity index (χ0) is 24.1. The molecule has 0 spiro atoms. The number of carbonyl (C=O) groups excluding carboxylic acids is 1. The van der Waals surface area contributed by atoms with Crippen molar-refractivity contribution < 1.29 is 14.3 Å². The Morgan fingerprint density at radius 1 is 0.971 bits per heavy atom. The molecule has 4 rings (SSSR count). The number of hydrogen-bond donors (Lipinski definition) is 0. The Balaban J connectivity index is 1.80. The standard InChI is InChI=1S/C28H33N3O3/c1-19-8-6-14-29-26(19)24-10-5-11-25(27-20(2)9-7-15-30-27)31(24)17-22-13-12-21(18-33-3)16-23(22)28(32)34-4/h6-9,12-16,24-25H,5,10-11,17-18H2,1-4H3. The first-order chi connectivity index (χ1) is 16.5. The Morgan fingerprint density at radius 3 is 2.12 bits per heavy atom. The fourth-order valence-corrected chi connectivity index (χ4v) is 5.07. The van der Waals surface area contributed by atoms with E-state index in [9.17, 15) is 4.79 Å². The average molecular weight is 460 g/mol. The van der Waals surface area contributed by atoms with Crippen molar-refractivity contribution in [3.8, 4) is 0 Å². The van der Waals surface area contributed by atoms with Gasteiger partial charge in [0.25, 0.3) is 0 Å². The summed E-state index contributed by atoms with van der Waals surface area (Å²) in [6.07, 6.45) is 6.85. The van der Waals surface area contributed by atoms with Crippen LogP contribution in [-0.4, -0.2) is 35.1 Å². The molecule has 6 heteroatoms. The first kappa shape index (κ1) is 24.0. The molecule has 0 amide bonds. The maximum absolute atomic E-state index is 12.7. The number of piperidine rings is 1. The van der Waals surface area contributed by atoms with E-state index < -0.39 is 0 Å². The lowest BCUT2D eigenvalue weighted by Crippen LogP contribution is -2.38. The van der Waals surface area contributed by atoms with Crippen LogP contribution in [0.15, 0.2) is 54.9 Å². The molecule has 3 aromatic rings. The van der Waals surface area contributed by atoms with Crippen molar-refractivity contribution in [1.82, 2.24) is 14.9 Å². The average Bonchev–Trinajstić information content (AvgIpc) is 2.85. The third-order valence-corrected chi connectivity index (χ3v) is 6.73. The van der Waals surface area contributed by atoms with Gasteiger partial charge in [-0.1, -0.05) is 24.3 Å². The number of pyridine rings is 2. The summed E-state index contributed by atoms with van der Waals surface area (Å²) in [7, 11) is 3.08. The van der Waals surface area contributed by atoms with Crippen LogP contribution in [0.1, 0.15) is 75.3 Å². The quantitative estimate of drug-likeness (QED) is 0.435. The summed E-state index contributed by atoms with van der Waals surface area (Å²) in [5.41, 5.74) is 7.01. The number of aromatic nitrogens is 2. The van der Waals surface area contributed by atoms with Crippen molar-refractivity contribution >= 4 is 5.97 Å². The molecule has 178 valence electrons. The number of benzene rings is 1. The second-order valence-corrected chi connectivity index (χ2v) is 8.96. The number of ether oxygens (including phenoxy) is 2. The third-order valence-electron chi connectivity index (χ3n) is 6.73. The lowest BCUT2D eigenvalue weighted by Gasteiger charge is -2.42.